The molecule has 0 aliphatic carbocycles. The molecule has 0 fully saturated rings. The van der Waals surface area contributed by atoms with Crippen molar-refractivity contribution in [3.05, 3.63) is 91.5 Å². The summed E-state index contributed by atoms with van der Waals surface area (Å²) < 4.78 is 12.8. The van der Waals surface area contributed by atoms with Crippen LogP contribution in [0.3, 0.4) is 0 Å². The molecule has 0 bridgehead atoms. The number of nitrogens with one attached hydrogen (secondary N) is 1. The van der Waals surface area contributed by atoms with E-state index in [-0.39, 0.29) is 5.57 Å². The molecule has 0 aliphatic heterocycles. The third-order valence-electron chi connectivity index (χ3n) is 4.70. The Labute approximate surface area is 212 Å². The van der Waals surface area contributed by atoms with E-state index in [1.165, 1.54) is 6.08 Å². The predicted octanol–water partition coefficient (Wildman–Crippen LogP) is 6.78. The lowest BCUT2D eigenvalue weighted by molar-refractivity contribution is -0.112. The Bertz CT molecular complexity index is 1220. The number of rotatable bonds is 8. The minimum Gasteiger partial charge on any atom is -0.490 e. The lowest BCUT2D eigenvalue weighted by Crippen LogP contribution is -2.14. The predicted molar refractivity (Wildman–Crippen MR) is 140 cm³/mol. The zero-order valence-electron chi connectivity index (χ0n) is 18.2. The molecule has 1 N–H and O–H groups in total. The number of nitrogens with zero attached hydrogens (tertiary/aromatic N) is 1. The summed E-state index contributed by atoms with van der Waals surface area (Å²) in [6, 6.07) is 20.7. The van der Waals surface area contributed by atoms with Gasteiger partial charge in [-0.25, -0.2) is 0 Å². The first-order chi connectivity index (χ1) is 15.9. The first kappa shape index (κ1) is 24.6. The zero-order chi connectivity index (χ0) is 23.8. The van der Waals surface area contributed by atoms with E-state index >= 15 is 0 Å². The van der Waals surface area contributed by atoms with Crippen LogP contribution < -0.4 is 14.8 Å². The van der Waals surface area contributed by atoms with Gasteiger partial charge in [-0.2, -0.15) is 5.26 Å². The van der Waals surface area contributed by atoms with E-state index < -0.39 is 5.91 Å². The van der Waals surface area contributed by atoms with Crippen molar-refractivity contribution in [3.63, 3.8) is 0 Å². The Hall–Kier alpha value is -3.02. The van der Waals surface area contributed by atoms with Gasteiger partial charge in [0.2, 0.25) is 0 Å². The van der Waals surface area contributed by atoms with Gasteiger partial charge < -0.3 is 14.8 Å². The van der Waals surface area contributed by atoms with Crippen LogP contribution >= 0.6 is 34.2 Å². The summed E-state index contributed by atoms with van der Waals surface area (Å²) in [5, 5.41) is 12.7. The number of para-hydroxylation sites is 1. The largest absolute Gasteiger partial charge is 0.490 e. The van der Waals surface area contributed by atoms with Crippen molar-refractivity contribution < 1.29 is 14.3 Å². The molecule has 1 amide bonds. The summed E-state index contributed by atoms with van der Waals surface area (Å²) in [7, 11) is 0. The quantitative estimate of drug-likeness (QED) is 0.184. The second-order valence-corrected chi connectivity index (χ2v) is 8.77. The minimum atomic E-state index is -0.500. The molecule has 0 atom stereocenters. The van der Waals surface area contributed by atoms with Gasteiger partial charge in [-0.1, -0.05) is 41.9 Å². The zero-order valence-corrected chi connectivity index (χ0v) is 21.1. The Balaban J connectivity index is 1.85. The summed E-state index contributed by atoms with van der Waals surface area (Å²) >= 11 is 8.75. The molecule has 0 heterocycles. The fourth-order valence-electron chi connectivity index (χ4n) is 3.03. The molecule has 3 aromatic carbocycles. The van der Waals surface area contributed by atoms with Crippen molar-refractivity contribution in [1.29, 1.82) is 5.26 Å². The lowest BCUT2D eigenvalue weighted by Gasteiger charge is -2.15. The van der Waals surface area contributed by atoms with Gasteiger partial charge >= 0.3 is 0 Å². The smallest absolute Gasteiger partial charge is 0.266 e. The monoisotopic (exact) mass is 572 g/mol. The highest BCUT2D eigenvalue weighted by atomic mass is 127. The third kappa shape index (κ3) is 6.73. The number of hydrogen-bond acceptors (Lipinski definition) is 4. The second-order valence-electron chi connectivity index (χ2n) is 7.12. The second kappa shape index (κ2) is 11.7. The Morgan fingerprint density at radius 2 is 1.88 bits per heavy atom. The lowest BCUT2D eigenvalue weighted by atomic mass is 10.1. The van der Waals surface area contributed by atoms with Crippen LogP contribution in [0, 0.1) is 21.8 Å². The molecule has 0 saturated heterocycles. The van der Waals surface area contributed by atoms with Gasteiger partial charge in [-0.05, 0) is 89.5 Å². The number of nitriles is 1. The molecule has 168 valence electrons. The molecule has 0 aliphatic rings. The van der Waals surface area contributed by atoms with E-state index in [1.54, 1.807) is 18.2 Å². The number of carbonyl (C=O) groups excluding carboxylic acids is 1. The summed E-state index contributed by atoms with van der Waals surface area (Å²) in [6.07, 6.45) is 1.48. The van der Waals surface area contributed by atoms with Crippen molar-refractivity contribution in [2.24, 2.45) is 0 Å². The van der Waals surface area contributed by atoms with Gasteiger partial charge in [-0.15, -0.1) is 0 Å². The molecule has 0 spiro atoms. The molecular formula is C26H22ClIN2O3. The first-order valence-corrected chi connectivity index (χ1v) is 11.7. The third-order valence-corrected chi connectivity index (χ3v) is 5.70. The fraction of sp³-hybridized carbons (Fsp3) is 0.154. The van der Waals surface area contributed by atoms with E-state index in [9.17, 15) is 10.1 Å². The molecule has 5 nitrogen and oxygen atoms in total. The Morgan fingerprint density at radius 1 is 1.15 bits per heavy atom. The van der Waals surface area contributed by atoms with E-state index in [0.717, 1.165) is 14.7 Å². The van der Waals surface area contributed by atoms with Crippen LogP contribution in [0.25, 0.3) is 6.08 Å². The van der Waals surface area contributed by atoms with Crippen molar-refractivity contribution in [3.8, 4) is 17.6 Å². The SMILES string of the molecule is CCOc1cc(/C=C(\C#N)C(=O)Nc2ccccc2C)cc(Cl)c1OCc1ccc(I)cc1. The topological polar surface area (TPSA) is 71.3 Å². The number of anilines is 1. The highest BCUT2D eigenvalue weighted by Crippen LogP contribution is 2.38. The molecule has 0 aromatic heterocycles. The first-order valence-electron chi connectivity index (χ1n) is 10.2. The maximum absolute atomic E-state index is 12.7. The average molecular weight is 573 g/mol. The molecule has 0 saturated carbocycles. The van der Waals surface area contributed by atoms with Crippen LogP contribution in [0.4, 0.5) is 5.69 Å². The molecule has 0 radical (unpaired) electrons. The number of benzene rings is 3. The summed E-state index contributed by atoms with van der Waals surface area (Å²) in [5.41, 5.74) is 3.05. The Morgan fingerprint density at radius 3 is 2.55 bits per heavy atom. The van der Waals surface area contributed by atoms with Crippen molar-refractivity contribution in [2.45, 2.75) is 20.5 Å². The maximum Gasteiger partial charge on any atom is 0.266 e. The van der Waals surface area contributed by atoms with E-state index in [4.69, 9.17) is 21.1 Å². The van der Waals surface area contributed by atoms with E-state index in [0.29, 0.717) is 41.0 Å². The molecule has 0 unspecified atom stereocenters. The van der Waals surface area contributed by atoms with Crippen LogP contribution in [0.5, 0.6) is 11.5 Å². The average Bonchev–Trinajstić information content (AvgIpc) is 2.79. The van der Waals surface area contributed by atoms with Crippen LogP contribution in [-0.2, 0) is 11.4 Å². The van der Waals surface area contributed by atoms with Gasteiger partial charge in [0.05, 0.1) is 11.6 Å². The van der Waals surface area contributed by atoms with Gasteiger partial charge in [-0.3, -0.25) is 4.79 Å². The van der Waals surface area contributed by atoms with Crippen LogP contribution in [-0.4, -0.2) is 12.5 Å². The van der Waals surface area contributed by atoms with Crippen LogP contribution in [0.2, 0.25) is 5.02 Å². The van der Waals surface area contributed by atoms with Gasteiger partial charge in [0.1, 0.15) is 18.2 Å². The number of hydrogen-bond donors (Lipinski definition) is 1. The van der Waals surface area contributed by atoms with Crippen molar-refractivity contribution in [1.82, 2.24) is 0 Å². The van der Waals surface area contributed by atoms with E-state index in [1.807, 2.05) is 62.4 Å². The molecule has 3 rings (SSSR count). The molecular weight excluding hydrogens is 551 g/mol. The minimum absolute atomic E-state index is 0.0516. The number of halogens is 2. The number of carbonyl (C=O) groups is 1. The molecule has 33 heavy (non-hydrogen) atoms. The normalized spacial score (nSPS) is 10.9. The highest BCUT2D eigenvalue weighted by Gasteiger charge is 2.15. The van der Waals surface area contributed by atoms with Crippen molar-refractivity contribution in [2.75, 3.05) is 11.9 Å². The maximum atomic E-state index is 12.7. The summed E-state index contributed by atoms with van der Waals surface area (Å²) in [4.78, 5) is 12.7. The van der Waals surface area contributed by atoms with Crippen LogP contribution in [0.1, 0.15) is 23.6 Å². The summed E-state index contributed by atoms with van der Waals surface area (Å²) in [5.74, 6) is 0.357. The summed E-state index contributed by atoms with van der Waals surface area (Å²) in [6.45, 7) is 4.47. The Kier molecular flexibility index (Phi) is 8.75. The van der Waals surface area contributed by atoms with Gasteiger partial charge in [0.25, 0.3) is 5.91 Å². The van der Waals surface area contributed by atoms with Crippen LogP contribution in [0.15, 0.2) is 66.2 Å². The molecule has 7 heteroatoms. The molecule has 3 aromatic rings. The standard InChI is InChI=1S/C26H22ClIN2O3/c1-3-32-24-14-19(12-20(15-29)26(31)30-23-7-5-4-6-17(23)2)13-22(27)25(24)33-16-18-8-10-21(28)11-9-18/h4-14H,3,16H2,1-2H3,(H,30,31)/b20-12+. The highest BCUT2D eigenvalue weighted by molar-refractivity contribution is 14.1. The number of aryl methyl sites for hydroxylation is 1. The van der Waals surface area contributed by atoms with Gasteiger partial charge in [0, 0.05) is 9.26 Å². The van der Waals surface area contributed by atoms with Gasteiger partial charge in [0.15, 0.2) is 11.5 Å². The number of amides is 1. The van der Waals surface area contributed by atoms with E-state index in [2.05, 4.69) is 27.9 Å². The van der Waals surface area contributed by atoms with Crippen molar-refractivity contribution >= 4 is 51.9 Å². The fourth-order valence-corrected chi connectivity index (χ4v) is 3.66. The number of ether oxygens (including phenoxy) is 2.